The van der Waals surface area contributed by atoms with Crippen molar-refractivity contribution in [3.8, 4) is 0 Å². The predicted molar refractivity (Wildman–Crippen MR) is 74.8 cm³/mol. The van der Waals surface area contributed by atoms with Gasteiger partial charge in [-0.15, -0.1) is 0 Å². The number of piperidine rings is 1. The zero-order valence-corrected chi connectivity index (χ0v) is 12.4. The third-order valence-corrected chi connectivity index (χ3v) is 3.98. The molecule has 6 heteroatoms. The van der Waals surface area contributed by atoms with Gasteiger partial charge in [0.2, 0.25) is 0 Å². The van der Waals surface area contributed by atoms with Gasteiger partial charge < -0.3 is 9.64 Å². The van der Waals surface area contributed by atoms with Gasteiger partial charge in [0.1, 0.15) is 5.15 Å². The van der Waals surface area contributed by atoms with E-state index in [1.807, 2.05) is 11.8 Å². The van der Waals surface area contributed by atoms with Gasteiger partial charge in [-0.25, -0.2) is 4.98 Å². The zero-order valence-electron chi connectivity index (χ0n) is 10.9. The van der Waals surface area contributed by atoms with Crippen LogP contribution in [0.5, 0.6) is 0 Å². The van der Waals surface area contributed by atoms with E-state index >= 15 is 0 Å². The van der Waals surface area contributed by atoms with Crippen LogP contribution in [0.4, 0.5) is 0 Å². The number of likely N-dealkylation sites (tertiary alicyclic amines) is 1. The highest BCUT2D eigenvalue weighted by molar-refractivity contribution is 6.35. The first-order chi connectivity index (χ1) is 9.02. The number of hydrogen-bond donors (Lipinski definition) is 0. The summed E-state index contributed by atoms with van der Waals surface area (Å²) in [5.41, 5.74) is 0.407. The standard InChI is InChI=1S/C13H16Cl2N2O2/c1-8-5-9(19-2)3-4-17(8)13(18)10-6-12(15)16-7-11(10)14/h6-9H,3-5H2,1-2H3. The summed E-state index contributed by atoms with van der Waals surface area (Å²) in [6, 6.07) is 1.63. The van der Waals surface area contributed by atoms with Crippen LogP contribution < -0.4 is 0 Å². The number of nitrogens with zero attached hydrogens (tertiary/aromatic N) is 2. The van der Waals surface area contributed by atoms with Crippen LogP contribution in [0.25, 0.3) is 0 Å². The average Bonchev–Trinajstić information content (AvgIpc) is 2.40. The van der Waals surface area contributed by atoms with E-state index in [9.17, 15) is 4.79 Å². The van der Waals surface area contributed by atoms with Gasteiger partial charge in [0, 0.05) is 25.9 Å². The first-order valence-corrected chi connectivity index (χ1v) is 6.93. The molecule has 0 saturated carbocycles. The average molecular weight is 303 g/mol. The Labute approximate surface area is 122 Å². The van der Waals surface area contributed by atoms with Crippen LogP contribution in [0.1, 0.15) is 30.1 Å². The number of amides is 1. The van der Waals surface area contributed by atoms with Crippen LogP contribution in [0, 0.1) is 0 Å². The van der Waals surface area contributed by atoms with Crippen LogP contribution in [-0.4, -0.2) is 41.6 Å². The maximum Gasteiger partial charge on any atom is 0.255 e. The van der Waals surface area contributed by atoms with Gasteiger partial charge in [-0.3, -0.25) is 4.79 Å². The molecular weight excluding hydrogens is 287 g/mol. The number of pyridine rings is 1. The molecule has 0 aromatic carbocycles. The molecule has 1 fully saturated rings. The molecule has 2 atom stereocenters. The molecule has 0 spiro atoms. The van der Waals surface area contributed by atoms with Crippen LogP contribution in [0.15, 0.2) is 12.3 Å². The molecule has 4 nitrogen and oxygen atoms in total. The number of carbonyl (C=O) groups is 1. The lowest BCUT2D eigenvalue weighted by molar-refractivity contribution is 0.0160. The highest BCUT2D eigenvalue weighted by Crippen LogP contribution is 2.25. The molecule has 1 aliphatic rings. The summed E-state index contributed by atoms with van der Waals surface area (Å²) in [7, 11) is 1.70. The minimum Gasteiger partial charge on any atom is -0.381 e. The first-order valence-electron chi connectivity index (χ1n) is 6.17. The van der Waals surface area contributed by atoms with Crippen molar-refractivity contribution in [2.75, 3.05) is 13.7 Å². The Morgan fingerprint density at radius 1 is 1.53 bits per heavy atom. The quantitative estimate of drug-likeness (QED) is 0.789. The molecule has 104 valence electrons. The van der Waals surface area contributed by atoms with Crippen molar-refractivity contribution in [1.29, 1.82) is 0 Å². The summed E-state index contributed by atoms with van der Waals surface area (Å²) < 4.78 is 5.34. The van der Waals surface area contributed by atoms with Crippen LogP contribution >= 0.6 is 23.2 Å². The van der Waals surface area contributed by atoms with Crippen LogP contribution in [-0.2, 0) is 4.74 Å². The van der Waals surface area contributed by atoms with Gasteiger partial charge in [0.05, 0.1) is 16.7 Å². The number of methoxy groups -OCH3 is 1. The third-order valence-electron chi connectivity index (χ3n) is 3.47. The third kappa shape index (κ3) is 3.19. The summed E-state index contributed by atoms with van der Waals surface area (Å²) in [5.74, 6) is -0.101. The van der Waals surface area contributed by atoms with Gasteiger partial charge in [0.25, 0.3) is 5.91 Å². The molecule has 0 bridgehead atoms. The summed E-state index contributed by atoms with van der Waals surface area (Å²) >= 11 is 11.8. The Bertz CT molecular complexity index is 482. The molecule has 19 heavy (non-hydrogen) atoms. The second-order valence-corrected chi connectivity index (χ2v) is 5.51. The lowest BCUT2D eigenvalue weighted by Gasteiger charge is -2.37. The number of aromatic nitrogens is 1. The SMILES string of the molecule is COC1CCN(C(=O)c2cc(Cl)ncc2Cl)C(C)C1. The van der Waals surface area contributed by atoms with E-state index in [1.165, 1.54) is 12.3 Å². The smallest absolute Gasteiger partial charge is 0.255 e. The molecule has 0 aliphatic carbocycles. The second-order valence-electron chi connectivity index (χ2n) is 4.72. The second kappa shape index (κ2) is 6.07. The molecule has 1 aromatic heterocycles. The lowest BCUT2D eigenvalue weighted by Crippen LogP contribution is -2.46. The van der Waals surface area contributed by atoms with E-state index in [4.69, 9.17) is 27.9 Å². The van der Waals surface area contributed by atoms with Gasteiger partial charge >= 0.3 is 0 Å². The monoisotopic (exact) mass is 302 g/mol. The number of hydrogen-bond acceptors (Lipinski definition) is 3. The number of halogens is 2. The normalized spacial score (nSPS) is 23.5. The van der Waals surface area contributed by atoms with Gasteiger partial charge in [-0.2, -0.15) is 0 Å². The number of ether oxygens (including phenoxy) is 1. The summed E-state index contributed by atoms with van der Waals surface area (Å²) in [6.07, 6.45) is 3.29. The van der Waals surface area contributed by atoms with E-state index in [1.54, 1.807) is 7.11 Å². The van der Waals surface area contributed by atoms with Gasteiger partial charge in [-0.05, 0) is 25.8 Å². The molecule has 1 amide bonds. The summed E-state index contributed by atoms with van der Waals surface area (Å²) in [6.45, 7) is 2.68. The Morgan fingerprint density at radius 2 is 2.26 bits per heavy atom. The van der Waals surface area contributed by atoms with Crippen molar-refractivity contribution in [2.45, 2.75) is 31.9 Å². The van der Waals surface area contributed by atoms with E-state index in [2.05, 4.69) is 4.98 Å². The molecule has 1 saturated heterocycles. The van der Waals surface area contributed by atoms with Crippen LogP contribution in [0.3, 0.4) is 0 Å². The first kappa shape index (κ1) is 14.6. The van der Waals surface area contributed by atoms with Gasteiger partial charge in [-0.1, -0.05) is 23.2 Å². The summed E-state index contributed by atoms with van der Waals surface area (Å²) in [5, 5.41) is 0.600. The minimum atomic E-state index is -0.101. The van der Waals surface area contributed by atoms with Crippen molar-refractivity contribution in [1.82, 2.24) is 9.88 Å². The number of rotatable bonds is 2. The zero-order chi connectivity index (χ0) is 14.0. The van der Waals surface area contributed by atoms with E-state index < -0.39 is 0 Å². The highest BCUT2D eigenvalue weighted by atomic mass is 35.5. The molecule has 0 N–H and O–H groups in total. The Hall–Kier alpha value is -0.840. The fraction of sp³-hybridized carbons (Fsp3) is 0.538. The number of carbonyl (C=O) groups excluding carboxylic acids is 1. The van der Waals surface area contributed by atoms with Crippen molar-refractivity contribution in [3.63, 3.8) is 0 Å². The van der Waals surface area contributed by atoms with E-state index in [0.29, 0.717) is 17.1 Å². The van der Waals surface area contributed by atoms with Crippen molar-refractivity contribution in [2.24, 2.45) is 0 Å². The van der Waals surface area contributed by atoms with Crippen molar-refractivity contribution in [3.05, 3.63) is 28.0 Å². The van der Waals surface area contributed by atoms with Gasteiger partial charge in [0.15, 0.2) is 0 Å². The molecule has 2 heterocycles. The van der Waals surface area contributed by atoms with Crippen molar-refractivity contribution < 1.29 is 9.53 Å². The molecule has 1 aromatic rings. The minimum absolute atomic E-state index is 0.101. The van der Waals surface area contributed by atoms with Crippen molar-refractivity contribution >= 4 is 29.1 Å². The molecular formula is C13H16Cl2N2O2. The molecule has 2 unspecified atom stereocenters. The predicted octanol–water partition coefficient (Wildman–Crippen LogP) is 3.03. The Morgan fingerprint density at radius 3 is 2.89 bits per heavy atom. The molecule has 2 rings (SSSR count). The lowest BCUT2D eigenvalue weighted by atomic mass is 9.99. The largest absolute Gasteiger partial charge is 0.381 e. The summed E-state index contributed by atoms with van der Waals surface area (Å²) in [4.78, 5) is 18.2. The Kier molecular flexibility index (Phi) is 4.66. The maximum atomic E-state index is 12.5. The molecule has 1 aliphatic heterocycles. The highest BCUT2D eigenvalue weighted by Gasteiger charge is 2.30. The topological polar surface area (TPSA) is 42.4 Å². The van der Waals surface area contributed by atoms with E-state index in [-0.39, 0.29) is 23.2 Å². The molecule has 0 radical (unpaired) electrons. The van der Waals surface area contributed by atoms with Crippen LogP contribution in [0.2, 0.25) is 10.2 Å². The Balaban J connectivity index is 2.18. The fourth-order valence-corrected chi connectivity index (χ4v) is 2.72. The maximum absolute atomic E-state index is 12.5. The van der Waals surface area contributed by atoms with E-state index in [0.717, 1.165) is 12.8 Å². The fourth-order valence-electron chi connectivity index (χ4n) is 2.38.